The highest BCUT2D eigenvalue weighted by Crippen LogP contribution is 2.20. The van der Waals surface area contributed by atoms with Crippen molar-refractivity contribution in [2.24, 2.45) is 17.8 Å². The first-order valence-electron chi connectivity index (χ1n) is 7.67. The second-order valence-corrected chi connectivity index (χ2v) is 6.19. The van der Waals surface area contributed by atoms with Crippen LogP contribution >= 0.6 is 0 Å². The molecule has 2 atom stereocenters. The predicted octanol–water partition coefficient (Wildman–Crippen LogP) is 3.79. The first-order chi connectivity index (χ1) is 8.99. The second-order valence-electron chi connectivity index (χ2n) is 6.19. The molecule has 0 spiro atoms. The van der Waals surface area contributed by atoms with Crippen molar-refractivity contribution in [3.8, 4) is 0 Å². The Morgan fingerprint density at radius 2 is 1.63 bits per heavy atom. The summed E-state index contributed by atoms with van der Waals surface area (Å²) in [5.74, 6) is 1.44. The summed E-state index contributed by atoms with van der Waals surface area (Å²) in [7, 11) is 1.44. The maximum absolute atomic E-state index is 11.1. The van der Waals surface area contributed by atoms with E-state index in [9.17, 15) is 9.90 Å². The minimum atomic E-state index is -0.122. The van der Waals surface area contributed by atoms with Crippen LogP contribution in [-0.4, -0.2) is 24.8 Å². The third kappa shape index (κ3) is 11.0. The number of carbonyl (C=O) groups excluding carboxylic acids is 1. The SMILES string of the molecule is COC(=O)C[C@H](C)CCC[C@H](CO)CCCC(C)C. The van der Waals surface area contributed by atoms with Gasteiger partial charge in [0.15, 0.2) is 0 Å². The van der Waals surface area contributed by atoms with Crippen molar-refractivity contribution >= 4 is 5.97 Å². The summed E-state index contributed by atoms with van der Waals surface area (Å²) in [5, 5.41) is 9.37. The monoisotopic (exact) mass is 272 g/mol. The minimum absolute atomic E-state index is 0.122. The summed E-state index contributed by atoms with van der Waals surface area (Å²) < 4.78 is 4.67. The van der Waals surface area contributed by atoms with Gasteiger partial charge < -0.3 is 9.84 Å². The van der Waals surface area contributed by atoms with Crippen LogP contribution in [0.1, 0.15) is 65.7 Å². The van der Waals surface area contributed by atoms with Crippen molar-refractivity contribution in [3.63, 3.8) is 0 Å². The van der Waals surface area contributed by atoms with Crippen LogP contribution in [-0.2, 0) is 9.53 Å². The molecule has 0 aromatic rings. The zero-order chi connectivity index (χ0) is 14.7. The van der Waals surface area contributed by atoms with Gasteiger partial charge in [-0.15, -0.1) is 0 Å². The van der Waals surface area contributed by atoms with Gasteiger partial charge >= 0.3 is 5.97 Å². The number of methoxy groups -OCH3 is 1. The summed E-state index contributed by atoms with van der Waals surface area (Å²) in [4.78, 5) is 11.1. The molecule has 0 saturated carbocycles. The Labute approximate surface area is 118 Å². The molecule has 0 aliphatic rings. The van der Waals surface area contributed by atoms with Gasteiger partial charge in [0.2, 0.25) is 0 Å². The van der Waals surface area contributed by atoms with Crippen molar-refractivity contribution in [3.05, 3.63) is 0 Å². The van der Waals surface area contributed by atoms with E-state index in [1.165, 1.54) is 20.0 Å². The number of carbonyl (C=O) groups is 1. The van der Waals surface area contributed by atoms with Crippen LogP contribution in [0.15, 0.2) is 0 Å². The Hall–Kier alpha value is -0.570. The Bertz CT molecular complexity index is 226. The van der Waals surface area contributed by atoms with Gasteiger partial charge in [0.1, 0.15) is 0 Å². The van der Waals surface area contributed by atoms with Crippen molar-refractivity contribution in [1.29, 1.82) is 0 Å². The number of esters is 1. The maximum atomic E-state index is 11.1. The maximum Gasteiger partial charge on any atom is 0.305 e. The average Bonchev–Trinajstić information content (AvgIpc) is 2.36. The Kier molecular flexibility index (Phi) is 10.9. The molecule has 0 aromatic carbocycles. The van der Waals surface area contributed by atoms with Gasteiger partial charge in [0.05, 0.1) is 7.11 Å². The molecule has 0 fully saturated rings. The Balaban J connectivity index is 3.67. The lowest BCUT2D eigenvalue weighted by atomic mass is 9.92. The molecule has 0 unspecified atom stereocenters. The lowest BCUT2D eigenvalue weighted by Gasteiger charge is -2.16. The van der Waals surface area contributed by atoms with Gasteiger partial charge in [-0.2, -0.15) is 0 Å². The van der Waals surface area contributed by atoms with E-state index in [1.54, 1.807) is 0 Å². The second kappa shape index (κ2) is 11.3. The molecule has 0 radical (unpaired) electrons. The molecule has 0 heterocycles. The molecule has 0 aliphatic carbocycles. The van der Waals surface area contributed by atoms with Crippen LogP contribution < -0.4 is 0 Å². The third-order valence-electron chi connectivity index (χ3n) is 3.70. The summed E-state index contributed by atoms with van der Waals surface area (Å²) in [6, 6.07) is 0. The number of hydrogen-bond acceptors (Lipinski definition) is 3. The van der Waals surface area contributed by atoms with Crippen LogP contribution in [0, 0.1) is 17.8 Å². The van der Waals surface area contributed by atoms with E-state index in [1.807, 2.05) is 0 Å². The van der Waals surface area contributed by atoms with Gasteiger partial charge in [-0.1, -0.05) is 46.5 Å². The van der Waals surface area contributed by atoms with Gasteiger partial charge in [-0.05, 0) is 30.6 Å². The fourth-order valence-corrected chi connectivity index (χ4v) is 2.37. The first-order valence-corrected chi connectivity index (χ1v) is 7.67. The smallest absolute Gasteiger partial charge is 0.305 e. The van der Waals surface area contributed by atoms with Crippen LogP contribution in [0.5, 0.6) is 0 Å². The molecule has 0 aromatic heterocycles. The number of rotatable bonds is 11. The topological polar surface area (TPSA) is 46.5 Å². The summed E-state index contributed by atoms with van der Waals surface area (Å²) in [6.07, 6.45) is 7.28. The molecule has 0 saturated heterocycles. The fraction of sp³-hybridized carbons (Fsp3) is 0.938. The van der Waals surface area contributed by atoms with E-state index >= 15 is 0 Å². The zero-order valence-corrected chi connectivity index (χ0v) is 13.2. The molecular formula is C16H32O3. The summed E-state index contributed by atoms with van der Waals surface area (Å²) in [5.41, 5.74) is 0. The largest absolute Gasteiger partial charge is 0.469 e. The lowest BCUT2D eigenvalue weighted by molar-refractivity contribution is -0.141. The van der Waals surface area contributed by atoms with E-state index in [0.717, 1.165) is 31.6 Å². The molecule has 0 bridgehead atoms. The fourth-order valence-electron chi connectivity index (χ4n) is 2.37. The zero-order valence-electron chi connectivity index (χ0n) is 13.2. The van der Waals surface area contributed by atoms with E-state index in [4.69, 9.17) is 0 Å². The molecule has 114 valence electrons. The number of aliphatic hydroxyl groups is 1. The Morgan fingerprint density at radius 3 is 2.11 bits per heavy atom. The molecule has 1 N–H and O–H groups in total. The highest BCUT2D eigenvalue weighted by atomic mass is 16.5. The molecule has 0 aliphatic heterocycles. The van der Waals surface area contributed by atoms with Crippen molar-refractivity contribution in [2.45, 2.75) is 65.7 Å². The van der Waals surface area contributed by atoms with E-state index in [0.29, 0.717) is 24.9 Å². The summed E-state index contributed by atoms with van der Waals surface area (Å²) >= 11 is 0. The van der Waals surface area contributed by atoms with Crippen molar-refractivity contribution < 1.29 is 14.6 Å². The van der Waals surface area contributed by atoms with Crippen molar-refractivity contribution in [2.75, 3.05) is 13.7 Å². The number of ether oxygens (including phenoxy) is 1. The predicted molar refractivity (Wildman–Crippen MR) is 78.9 cm³/mol. The van der Waals surface area contributed by atoms with E-state index in [2.05, 4.69) is 25.5 Å². The quantitative estimate of drug-likeness (QED) is 0.582. The van der Waals surface area contributed by atoms with Gasteiger partial charge in [-0.3, -0.25) is 4.79 Å². The van der Waals surface area contributed by atoms with Crippen LogP contribution in [0.2, 0.25) is 0 Å². The number of hydrogen-bond donors (Lipinski definition) is 1. The van der Waals surface area contributed by atoms with E-state index in [-0.39, 0.29) is 5.97 Å². The van der Waals surface area contributed by atoms with Gasteiger partial charge in [0.25, 0.3) is 0 Å². The minimum Gasteiger partial charge on any atom is -0.469 e. The Morgan fingerprint density at radius 1 is 1.05 bits per heavy atom. The summed E-state index contributed by atoms with van der Waals surface area (Å²) in [6.45, 7) is 6.86. The lowest BCUT2D eigenvalue weighted by Crippen LogP contribution is -2.10. The van der Waals surface area contributed by atoms with Crippen LogP contribution in [0.4, 0.5) is 0 Å². The van der Waals surface area contributed by atoms with Crippen LogP contribution in [0.3, 0.4) is 0 Å². The molecule has 19 heavy (non-hydrogen) atoms. The third-order valence-corrected chi connectivity index (χ3v) is 3.70. The van der Waals surface area contributed by atoms with Gasteiger partial charge in [0, 0.05) is 13.0 Å². The molecule has 0 amide bonds. The highest BCUT2D eigenvalue weighted by molar-refractivity contribution is 5.69. The first kappa shape index (κ1) is 18.4. The van der Waals surface area contributed by atoms with E-state index < -0.39 is 0 Å². The van der Waals surface area contributed by atoms with Crippen molar-refractivity contribution in [1.82, 2.24) is 0 Å². The normalized spacial score (nSPS) is 14.4. The molecule has 3 nitrogen and oxygen atoms in total. The standard InChI is InChI=1S/C16H32O3/c1-13(2)7-5-9-15(12-17)10-6-8-14(3)11-16(18)19-4/h13-15,17H,5-12H2,1-4H3/t14-,15-/m1/s1. The van der Waals surface area contributed by atoms with Gasteiger partial charge in [-0.25, -0.2) is 0 Å². The average molecular weight is 272 g/mol. The van der Waals surface area contributed by atoms with Crippen LogP contribution in [0.25, 0.3) is 0 Å². The highest BCUT2D eigenvalue weighted by Gasteiger charge is 2.12. The number of aliphatic hydroxyl groups excluding tert-OH is 1. The molecule has 3 heteroatoms. The molecule has 0 rings (SSSR count). The molecular weight excluding hydrogens is 240 g/mol.